The number of alkyl halides is 1. The third kappa shape index (κ3) is 3.09. The van der Waals surface area contributed by atoms with E-state index in [0.717, 1.165) is 29.7 Å². The Morgan fingerprint density at radius 1 is 1.47 bits per heavy atom. The third-order valence-corrected chi connectivity index (χ3v) is 3.53. The van der Waals surface area contributed by atoms with Crippen molar-refractivity contribution >= 4 is 17.5 Å². The van der Waals surface area contributed by atoms with E-state index in [1.54, 1.807) is 0 Å². The van der Waals surface area contributed by atoms with Crippen molar-refractivity contribution in [3.63, 3.8) is 0 Å². The van der Waals surface area contributed by atoms with Gasteiger partial charge in [-0.2, -0.15) is 0 Å². The van der Waals surface area contributed by atoms with Gasteiger partial charge in [0.1, 0.15) is 0 Å². The summed E-state index contributed by atoms with van der Waals surface area (Å²) >= 11 is 5.83. The number of rotatable bonds is 5. The summed E-state index contributed by atoms with van der Waals surface area (Å²) in [6.45, 7) is 7.46. The topological polar surface area (TPSA) is 29.0 Å². The first-order valence-corrected chi connectivity index (χ1v) is 6.80. The highest BCUT2D eigenvalue weighted by atomic mass is 35.5. The Labute approximate surface area is 108 Å². The molecule has 94 valence electrons. The summed E-state index contributed by atoms with van der Waals surface area (Å²) in [6, 6.07) is 0.442. The van der Waals surface area contributed by atoms with Crippen molar-refractivity contribution in [2.75, 3.05) is 11.4 Å². The van der Waals surface area contributed by atoms with E-state index >= 15 is 0 Å². The molecule has 0 radical (unpaired) electrons. The Morgan fingerprint density at radius 2 is 2.18 bits per heavy atom. The fourth-order valence-corrected chi connectivity index (χ4v) is 2.11. The first-order valence-electron chi connectivity index (χ1n) is 6.27. The largest absolute Gasteiger partial charge is 0.338 e. The summed E-state index contributed by atoms with van der Waals surface area (Å²) in [5.41, 5.74) is 2.01. The second kappa shape index (κ2) is 5.21. The molecule has 0 aliphatic heterocycles. The maximum absolute atomic E-state index is 5.83. The van der Waals surface area contributed by atoms with E-state index in [-0.39, 0.29) is 0 Å². The van der Waals surface area contributed by atoms with Gasteiger partial charge in [-0.1, -0.05) is 0 Å². The summed E-state index contributed by atoms with van der Waals surface area (Å²) in [5.74, 6) is 2.17. The first-order chi connectivity index (χ1) is 8.11. The zero-order valence-corrected chi connectivity index (χ0v) is 11.5. The van der Waals surface area contributed by atoms with Gasteiger partial charge >= 0.3 is 0 Å². The van der Waals surface area contributed by atoms with Crippen LogP contribution in [0.25, 0.3) is 0 Å². The van der Waals surface area contributed by atoms with Gasteiger partial charge in [0.2, 0.25) is 5.95 Å². The molecule has 0 saturated heterocycles. The van der Waals surface area contributed by atoms with Crippen molar-refractivity contribution in [1.29, 1.82) is 0 Å². The van der Waals surface area contributed by atoms with Crippen LogP contribution in [0.15, 0.2) is 6.20 Å². The minimum Gasteiger partial charge on any atom is -0.338 e. The van der Waals surface area contributed by atoms with Crippen LogP contribution in [-0.2, 0) is 5.88 Å². The molecule has 3 nitrogen and oxygen atoms in total. The molecule has 0 atom stereocenters. The van der Waals surface area contributed by atoms with Crippen molar-refractivity contribution < 1.29 is 0 Å². The molecule has 1 fully saturated rings. The average molecular weight is 254 g/mol. The lowest BCUT2D eigenvalue weighted by molar-refractivity contribution is 0.625. The number of aromatic nitrogens is 2. The van der Waals surface area contributed by atoms with Gasteiger partial charge in [0.15, 0.2) is 0 Å². The SMILES string of the molecule is Cc1nc(N(CC2CC2)C(C)C)ncc1CCl. The van der Waals surface area contributed by atoms with Crippen molar-refractivity contribution in [2.45, 2.75) is 45.5 Å². The summed E-state index contributed by atoms with van der Waals surface area (Å²) in [5, 5.41) is 0. The third-order valence-electron chi connectivity index (χ3n) is 3.24. The molecule has 1 aromatic heterocycles. The Kier molecular flexibility index (Phi) is 3.87. The molecular weight excluding hydrogens is 234 g/mol. The molecule has 0 spiro atoms. The Hall–Kier alpha value is -0.830. The molecule has 1 heterocycles. The van der Waals surface area contributed by atoms with E-state index in [4.69, 9.17) is 11.6 Å². The maximum Gasteiger partial charge on any atom is 0.225 e. The van der Waals surface area contributed by atoms with E-state index in [0.29, 0.717) is 11.9 Å². The zero-order chi connectivity index (χ0) is 12.4. The predicted octanol–water partition coefficient (Wildman–Crippen LogP) is 3.15. The van der Waals surface area contributed by atoms with Crippen LogP contribution in [0, 0.1) is 12.8 Å². The van der Waals surface area contributed by atoms with Crippen molar-refractivity contribution in [3.05, 3.63) is 17.5 Å². The van der Waals surface area contributed by atoms with Gasteiger partial charge in [0, 0.05) is 30.0 Å². The highest BCUT2D eigenvalue weighted by molar-refractivity contribution is 6.17. The highest BCUT2D eigenvalue weighted by Crippen LogP contribution is 2.31. The van der Waals surface area contributed by atoms with Crippen molar-refractivity contribution in [2.24, 2.45) is 5.92 Å². The summed E-state index contributed by atoms with van der Waals surface area (Å²) < 4.78 is 0. The normalized spacial score (nSPS) is 15.4. The standard InChI is InChI=1S/C13H20ClN3/c1-9(2)17(8-11-4-5-11)13-15-7-12(6-14)10(3)16-13/h7,9,11H,4-6,8H2,1-3H3. The quantitative estimate of drug-likeness (QED) is 0.755. The number of hydrogen-bond acceptors (Lipinski definition) is 3. The maximum atomic E-state index is 5.83. The molecule has 0 amide bonds. The lowest BCUT2D eigenvalue weighted by atomic mass is 10.2. The van der Waals surface area contributed by atoms with Crippen LogP contribution in [0.5, 0.6) is 0 Å². The summed E-state index contributed by atoms with van der Waals surface area (Å²) in [6.07, 6.45) is 4.55. The molecular formula is C13H20ClN3. The molecule has 0 unspecified atom stereocenters. The molecule has 1 saturated carbocycles. The number of anilines is 1. The van der Waals surface area contributed by atoms with Gasteiger partial charge in [0.05, 0.1) is 5.88 Å². The molecule has 0 aromatic carbocycles. The number of halogens is 1. The summed E-state index contributed by atoms with van der Waals surface area (Å²) in [7, 11) is 0. The van der Waals surface area contributed by atoms with Crippen molar-refractivity contribution in [1.82, 2.24) is 9.97 Å². The van der Waals surface area contributed by atoms with E-state index < -0.39 is 0 Å². The average Bonchev–Trinajstić information content (AvgIpc) is 3.09. The van der Waals surface area contributed by atoms with Crippen LogP contribution >= 0.6 is 11.6 Å². The molecule has 1 aliphatic carbocycles. The van der Waals surface area contributed by atoms with E-state index in [1.807, 2.05) is 13.1 Å². The Morgan fingerprint density at radius 3 is 2.65 bits per heavy atom. The van der Waals surface area contributed by atoms with Gasteiger partial charge < -0.3 is 4.90 Å². The molecule has 1 aliphatic rings. The van der Waals surface area contributed by atoms with Gasteiger partial charge in [-0.3, -0.25) is 0 Å². The van der Waals surface area contributed by atoms with Gasteiger partial charge in [-0.05, 0) is 39.5 Å². The van der Waals surface area contributed by atoms with E-state index in [1.165, 1.54) is 12.8 Å². The monoisotopic (exact) mass is 253 g/mol. The molecule has 4 heteroatoms. The Bertz CT molecular complexity index is 388. The first kappa shape index (κ1) is 12.6. The minimum absolute atomic E-state index is 0.442. The molecule has 2 rings (SSSR count). The molecule has 0 N–H and O–H groups in total. The second-order valence-electron chi connectivity index (χ2n) is 5.10. The lowest BCUT2D eigenvalue weighted by Gasteiger charge is -2.27. The zero-order valence-electron chi connectivity index (χ0n) is 10.8. The van der Waals surface area contributed by atoms with Crippen LogP contribution < -0.4 is 4.90 Å². The highest BCUT2D eigenvalue weighted by Gasteiger charge is 2.26. The number of hydrogen-bond donors (Lipinski definition) is 0. The predicted molar refractivity (Wildman–Crippen MR) is 71.5 cm³/mol. The molecule has 0 bridgehead atoms. The van der Waals surface area contributed by atoms with Crippen LogP contribution in [0.1, 0.15) is 37.9 Å². The fourth-order valence-electron chi connectivity index (χ4n) is 1.85. The van der Waals surface area contributed by atoms with Crippen LogP contribution in [-0.4, -0.2) is 22.6 Å². The minimum atomic E-state index is 0.442. The van der Waals surface area contributed by atoms with E-state index in [9.17, 15) is 0 Å². The smallest absolute Gasteiger partial charge is 0.225 e. The molecule has 17 heavy (non-hydrogen) atoms. The number of aryl methyl sites for hydroxylation is 1. The second-order valence-corrected chi connectivity index (χ2v) is 5.37. The fraction of sp³-hybridized carbons (Fsp3) is 0.692. The van der Waals surface area contributed by atoms with Gasteiger partial charge in [-0.15, -0.1) is 11.6 Å². The van der Waals surface area contributed by atoms with Crippen LogP contribution in [0.3, 0.4) is 0 Å². The van der Waals surface area contributed by atoms with Crippen LogP contribution in [0.2, 0.25) is 0 Å². The lowest BCUT2D eigenvalue weighted by Crippen LogP contribution is -2.34. The number of nitrogens with zero attached hydrogens (tertiary/aromatic N) is 3. The van der Waals surface area contributed by atoms with Crippen molar-refractivity contribution in [3.8, 4) is 0 Å². The van der Waals surface area contributed by atoms with E-state index in [2.05, 4.69) is 28.7 Å². The summed E-state index contributed by atoms with van der Waals surface area (Å²) in [4.78, 5) is 11.3. The Balaban J connectivity index is 2.19. The molecule has 1 aromatic rings. The van der Waals surface area contributed by atoms with Gasteiger partial charge in [0.25, 0.3) is 0 Å². The van der Waals surface area contributed by atoms with Crippen LogP contribution in [0.4, 0.5) is 5.95 Å². The van der Waals surface area contributed by atoms with Gasteiger partial charge in [-0.25, -0.2) is 9.97 Å².